The van der Waals surface area contributed by atoms with Gasteiger partial charge in [-0.15, -0.1) is 0 Å². The minimum Gasteiger partial charge on any atom is -0.369 e. The lowest BCUT2D eigenvalue weighted by Crippen LogP contribution is -2.10. The summed E-state index contributed by atoms with van der Waals surface area (Å²) in [5.41, 5.74) is 0.781. The number of rotatable bonds is 2. The molecule has 0 saturated heterocycles. The van der Waals surface area contributed by atoms with Crippen LogP contribution in [0.3, 0.4) is 0 Å². The van der Waals surface area contributed by atoms with Gasteiger partial charge in [-0.3, -0.25) is 4.79 Å². The first-order valence-corrected chi connectivity index (χ1v) is 5.41. The average Bonchev–Trinajstić information content (AvgIpc) is 2.20. The molecule has 0 bridgehead atoms. The van der Waals surface area contributed by atoms with Crippen LogP contribution in [0.2, 0.25) is 0 Å². The van der Waals surface area contributed by atoms with Crippen molar-refractivity contribution in [3.63, 3.8) is 0 Å². The van der Waals surface area contributed by atoms with E-state index in [1.54, 1.807) is 25.9 Å². The Morgan fingerprint density at radius 2 is 2.12 bits per heavy atom. The molecule has 86 valence electrons. The lowest BCUT2D eigenvalue weighted by molar-refractivity contribution is 0.0998. The third-order valence-electron chi connectivity index (χ3n) is 1.88. The number of nitrogens with zero attached hydrogens (tertiary/aromatic N) is 2. The summed E-state index contributed by atoms with van der Waals surface area (Å²) >= 11 is 3.19. The first-order valence-electron chi connectivity index (χ1n) is 4.62. The molecule has 0 aliphatic carbocycles. The number of aliphatic imine (C=N–C) groups is 1. The zero-order chi connectivity index (χ0) is 12.3. The van der Waals surface area contributed by atoms with Crippen molar-refractivity contribution in [1.29, 1.82) is 0 Å². The Morgan fingerprint density at radius 3 is 2.69 bits per heavy atom. The topological polar surface area (TPSA) is 32.7 Å². The van der Waals surface area contributed by atoms with E-state index in [-0.39, 0.29) is 5.56 Å². The van der Waals surface area contributed by atoms with Crippen LogP contribution in [-0.2, 0) is 0 Å². The number of amides is 1. The minimum atomic E-state index is -0.582. The highest BCUT2D eigenvalue weighted by atomic mass is 79.9. The standard InChI is InChI=1S/C11H12BrFN2O/c1-7-4-8(10(13)5-9(7)12)11(16)14-6-15(2)3/h4-6H,1-3H3. The monoisotopic (exact) mass is 286 g/mol. The molecule has 0 N–H and O–H groups in total. The van der Waals surface area contributed by atoms with E-state index >= 15 is 0 Å². The van der Waals surface area contributed by atoms with E-state index < -0.39 is 11.7 Å². The van der Waals surface area contributed by atoms with E-state index in [1.807, 2.05) is 0 Å². The largest absolute Gasteiger partial charge is 0.369 e. The van der Waals surface area contributed by atoms with Gasteiger partial charge >= 0.3 is 0 Å². The van der Waals surface area contributed by atoms with Crippen LogP contribution in [0.4, 0.5) is 4.39 Å². The Bertz CT molecular complexity index is 444. The van der Waals surface area contributed by atoms with Crippen molar-refractivity contribution in [2.24, 2.45) is 4.99 Å². The number of carbonyl (C=O) groups excluding carboxylic acids is 1. The van der Waals surface area contributed by atoms with Gasteiger partial charge < -0.3 is 4.90 Å². The maximum atomic E-state index is 13.5. The molecule has 1 aromatic carbocycles. The average molecular weight is 287 g/mol. The Morgan fingerprint density at radius 1 is 1.50 bits per heavy atom. The molecule has 0 aliphatic heterocycles. The Labute approximate surface area is 102 Å². The van der Waals surface area contributed by atoms with Gasteiger partial charge in [-0.2, -0.15) is 4.99 Å². The molecule has 1 rings (SSSR count). The highest BCUT2D eigenvalue weighted by Gasteiger charge is 2.12. The SMILES string of the molecule is Cc1cc(C(=O)N=CN(C)C)c(F)cc1Br. The molecule has 0 atom stereocenters. The number of hydrogen-bond donors (Lipinski definition) is 0. The molecule has 3 nitrogen and oxygen atoms in total. The number of carbonyl (C=O) groups is 1. The minimum absolute atomic E-state index is 0.0150. The molecule has 5 heteroatoms. The van der Waals surface area contributed by atoms with Crippen LogP contribution in [0.25, 0.3) is 0 Å². The summed E-state index contributed by atoms with van der Waals surface area (Å²) in [7, 11) is 3.47. The predicted molar refractivity (Wildman–Crippen MR) is 65.3 cm³/mol. The molecule has 0 unspecified atom stereocenters. The van der Waals surface area contributed by atoms with Gasteiger partial charge in [-0.25, -0.2) is 4.39 Å². The molecule has 1 amide bonds. The van der Waals surface area contributed by atoms with Crippen LogP contribution in [0, 0.1) is 12.7 Å². The van der Waals surface area contributed by atoms with E-state index in [1.165, 1.54) is 18.5 Å². The Kier molecular flexibility index (Phi) is 4.18. The van der Waals surface area contributed by atoms with Crippen LogP contribution in [0.5, 0.6) is 0 Å². The summed E-state index contributed by atoms with van der Waals surface area (Å²) < 4.78 is 14.1. The maximum absolute atomic E-state index is 13.5. The Hall–Kier alpha value is -1.23. The first-order chi connectivity index (χ1) is 7.41. The summed E-state index contributed by atoms with van der Waals surface area (Å²) in [6.45, 7) is 1.79. The summed E-state index contributed by atoms with van der Waals surface area (Å²) in [4.78, 5) is 16.8. The summed E-state index contributed by atoms with van der Waals surface area (Å²) in [5, 5.41) is 0. The molecule has 0 fully saturated rings. The first kappa shape index (κ1) is 12.8. The number of benzene rings is 1. The van der Waals surface area contributed by atoms with Gasteiger partial charge in [0.25, 0.3) is 5.91 Å². The highest BCUT2D eigenvalue weighted by molar-refractivity contribution is 9.10. The Balaban J connectivity index is 3.05. The van der Waals surface area contributed by atoms with Crippen LogP contribution >= 0.6 is 15.9 Å². The zero-order valence-electron chi connectivity index (χ0n) is 9.29. The molecule has 0 aromatic heterocycles. The third kappa shape index (κ3) is 3.13. The van der Waals surface area contributed by atoms with Crippen molar-refractivity contribution in [2.45, 2.75) is 6.92 Å². The highest BCUT2D eigenvalue weighted by Crippen LogP contribution is 2.20. The van der Waals surface area contributed by atoms with E-state index in [0.29, 0.717) is 4.47 Å². The quantitative estimate of drug-likeness (QED) is 0.618. The predicted octanol–water partition coefficient (Wildman–Crippen LogP) is 2.63. The lowest BCUT2D eigenvalue weighted by Gasteiger charge is -2.04. The molecule has 1 aromatic rings. The molecular formula is C11H12BrFN2O. The van der Waals surface area contributed by atoms with Gasteiger partial charge in [0.15, 0.2) is 0 Å². The van der Waals surface area contributed by atoms with Crippen molar-refractivity contribution in [3.05, 3.63) is 33.5 Å². The number of halogens is 2. The smallest absolute Gasteiger partial charge is 0.281 e. The van der Waals surface area contributed by atoms with Crippen LogP contribution < -0.4 is 0 Å². The van der Waals surface area contributed by atoms with Crippen LogP contribution in [0.1, 0.15) is 15.9 Å². The van der Waals surface area contributed by atoms with Gasteiger partial charge in [-0.05, 0) is 24.6 Å². The molecule has 0 spiro atoms. The zero-order valence-corrected chi connectivity index (χ0v) is 10.9. The van der Waals surface area contributed by atoms with Crippen molar-refractivity contribution >= 4 is 28.2 Å². The van der Waals surface area contributed by atoms with Crippen molar-refractivity contribution < 1.29 is 9.18 Å². The molecule has 0 aliphatic rings. The molecule has 0 saturated carbocycles. The van der Waals surface area contributed by atoms with Gasteiger partial charge in [0.05, 0.1) is 11.9 Å². The second-order valence-electron chi connectivity index (χ2n) is 3.59. The molecule has 0 heterocycles. The van der Waals surface area contributed by atoms with Crippen molar-refractivity contribution in [3.8, 4) is 0 Å². The lowest BCUT2D eigenvalue weighted by atomic mass is 10.1. The summed E-state index contributed by atoms with van der Waals surface area (Å²) in [5.74, 6) is -1.15. The fourth-order valence-corrected chi connectivity index (χ4v) is 1.37. The van der Waals surface area contributed by atoms with Gasteiger partial charge in [0.1, 0.15) is 5.82 Å². The number of aryl methyl sites for hydroxylation is 1. The third-order valence-corrected chi connectivity index (χ3v) is 2.74. The van der Waals surface area contributed by atoms with Crippen molar-refractivity contribution in [1.82, 2.24) is 4.90 Å². The number of hydrogen-bond acceptors (Lipinski definition) is 1. The van der Waals surface area contributed by atoms with Crippen molar-refractivity contribution in [2.75, 3.05) is 14.1 Å². The van der Waals surface area contributed by atoms with E-state index in [2.05, 4.69) is 20.9 Å². The molecule has 0 radical (unpaired) electrons. The molecular weight excluding hydrogens is 275 g/mol. The normalized spacial score (nSPS) is 10.8. The van der Waals surface area contributed by atoms with Gasteiger partial charge in [-0.1, -0.05) is 15.9 Å². The molecule has 16 heavy (non-hydrogen) atoms. The second-order valence-corrected chi connectivity index (χ2v) is 4.45. The fourth-order valence-electron chi connectivity index (χ4n) is 1.06. The summed E-state index contributed by atoms with van der Waals surface area (Å²) in [6, 6.07) is 2.75. The van der Waals surface area contributed by atoms with Gasteiger partial charge in [0, 0.05) is 18.6 Å². The van der Waals surface area contributed by atoms with Gasteiger partial charge in [0.2, 0.25) is 0 Å². The van der Waals surface area contributed by atoms with E-state index in [9.17, 15) is 9.18 Å². The summed E-state index contributed by atoms with van der Waals surface area (Å²) in [6.07, 6.45) is 1.35. The maximum Gasteiger partial charge on any atom is 0.281 e. The van der Waals surface area contributed by atoms with Crippen LogP contribution in [-0.4, -0.2) is 31.2 Å². The van der Waals surface area contributed by atoms with E-state index in [4.69, 9.17) is 0 Å². The fraction of sp³-hybridized carbons (Fsp3) is 0.273. The second kappa shape index (κ2) is 5.21. The van der Waals surface area contributed by atoms with E-state index in [0.717, 1.165) is 5.56 Å². The van der Waals surface area contributed by atoms with Crippen LogP contribution in [0.15, 0.2) is 21.6 Å².